The molecular formula is C14H27NO2S. The summed E-state index contributed by atoms with van der Waals surface area (Å²) in [6.07, 6.45) is 11.8. The molecule has 1 saturated heterocycles. The summed E-state index contributed by atoms with van der Waals surface area (Å²) in [4.78, 5) is 10.8. The van der Waals surface area contributed by atoms with Crippen molar-refractivity contribution in [2.24, 2.45) is 0 Å². The van der Waals surface area contributed by atoms with Crippen molar-refractivity contribution in [2.45, 2.75) is 76.1 Å². The number of thioether (sulfide) groups is 1. The van der Waals surface area contributed by atoms with E-state index in [1.165, 1.54) is 51.4 Å². The van der Waals surface area contributed by atoms with Crippen molar-refractivity contribution in [1.29, 1.82) is 0 Å². The molecule has 2 atom stereocenters. The Bertz CT molecular complexity index is 236. The van der Waals surface area contributed by atoms with Crippen LogP contribution in [0.15, 0.2) is 0 Å². The lowest BCUT2D eigenvalue weighted by Gasteiger charge is -2.10. The summed E-state index contributed by atoms with van der Waals surface area (Å²) in [6.45, 7) is 2.25. The van der Waals surface area contributed by atoms with Crippen LogP contribution in [0.5, 0.6) is 0 Å². The maximum absolute atomic E-state index is 10.8. The van der Waals surface area contributed by atoms with Gasteiger partial charge in [-0.1, -0.05) is 58.3 Å². The molecule has 0 amide bonds. The van der Waals surface area contributed by atoms with E-state index in [0.717, 1.165) is 12.2 Å². The van der Waals surface area contributed by atoms with Gasteiger partial charge in [-0.25, -0.2) is 0 Å². The highest BCUT2D eigenvalue weighted by atomic mass is 32.2. The summed E-state index contributed by atoms with van der Waals surface area (Å²) >= 11 is 1.76. The fourth-order valence-electron chi connectivity index (χ4n) is 2.31. The maximum Gasteiger partial charge on any atom is 0.321 e. The van der Waals surface area contributed by atoms with Crippen molar-refractivity contribution in [3.05, 3.63) is 0 Å². The van der Waals surface area contributed by atoms with Crippen molar-refractivity contribution in [2.75, 3.05) is 5.75 Å². The van der Waals surface area contributed by atoms with Gasteiger partial charge >= 0.3 is 5.97 Å². The molecule has 1 aliphatic rings. The lowest BCUT2D eigenvalue weighted by Crippen LogP contribution is -2.36. The molecule has 106 valence electrons. The molecule has 0 aromatic carbocycles. The quantitative estimate of drug-likeness (QED) is 0.597. The number of carbonyl (C=O) groups is 1. The topological polar surface area (TPSA) is 49.3 Å². The van der Waals surface area contributed by atoms with Gasteiger partial charge in [0.2, 0.25) is 0 Å². The van der Waals surface area contributed by atoms with Gasteiger partial charge in [-0.3, -0.25) is 10.1 Å². The predicted molar refractivity (Wildman–Crippen MR) is 78.0 cm³/mol. The van der Waals surface area contributed by atoms with E-state index in [9.17, 15) is 4.79 Å². The van der Waals surface area contributed by atoms with Gasteiger partial charge in [0.15, 0.2) is 0 Å². The monoisotopic (exact) mass is 273 g/mol. The van der Waals surface area contributed by atoms with Crippen molar-refractivity contribution < 1.29 is 9.90 Å². The molecule has 0 bridgehead atoms. The molecule has 2 N–H and O–H groups in total. The van der Waals surface area contributed by atoms with Crippen molar-refractivity contribution in [3.8, 4) is 0 Å². The van der Waals surface area contributed by atoms with Gasteiger partial charge < -0.3 is 5.11 Å². The first-order valence-electron chi connectivity index (χ1n) is 7.34. The maximum atomic E-state index is 10.8. The lowest BCUT2D eigenvalue weighted by molar-refractivity contribution is -0.138. The van der Waals surface area contributed by atoms with Gasteiger partial charge in [0, 0.05) is 5.75 Å². The lowest BCUT2D eigenvalue weighted by atomic mass is 10.1. The van der Waals surface area contributed by atoms with Gasteiger partial charge in [0.1, 0.15) is 6.04 Å². The number of unbranched alkanes of at least 4 members (excludes halogenated alkanes) is 7. The summed E-state index contributed by atoms with van der Waals surface area (Å²) in [5, 5.41) is 12.4. The SMILES string of the molecule is CCCCCCCCCC[C@H]1N[C@H](C(=O)O)CS1. The minimum absolute atomic E-state index is 0.325. The van der Waals surface area contributed by atoms with E-state index in [2.05, 4.69) is 12.2 Å². The number of carboxylic acid groups (broad SMARTS) is 1. The van der Waals surface area contributed by atoms with Crippen LogP contribution in [-0.2, 0) is 4.79 Å². The third-order valence-electron chi connectivity index (χ3n) is 3.47. The number of nitrogens with one attached hydrogen (secondary N) is 1. The summed E-state index contributed by atoms with van der Waals surface area (Å²) in [5.41, 5.74) is 0. The van der Waals surface area contributed by atoms with Gasteiger partial charge in [-0.2, -0.15) is 0 Å². The van der Waals surface area contributed by atoms with Crippen LogP contribution >= 0.6 is 11.8 Å². The van der Waals surface area contributed by atoms with Gasteiger partial charge in [-0.15, -0.1) is 11.8 Å². The Morgan fingerprint density at radius 1 is 1.17 bits per heavy atom. The van der Waals surface area contributed by atoms with Crippen LogP contribution in [0.25, 0.3) is 0 Å². The molecule has 0 saturated carbocycles. The zero-order chi connectivity index (χ0) is 13.2. The normalized spacial score (nSPS) is 23.4. The third kappa shape index (κ3) is 6.64. The molecule has 0 radical (unpaired) electrons. The molecule has 1 rings (SSSR count). The van der Waals surface area contributed by atoms with E-state index in [-0.39, 0.29) is 6.04 Å². The number of aliphatic carboxylic acids is 1. The van der Waals surface area contributed by atoms with Crippen molar-refractivity contribution >= 4 is 17.7 Å². The van der Waals surface area contributed by atoms with Crippen LogP contribution < -0.4 is 5.32 Å². The summed E-state index contributed by atoms with van der Waals surface area (Å²) in [6, 6.07) is -0.325. The van der Waals surface area contributed by atoms with E-state index in [1.54, 1.807) is 11.8 Å². The molecule has 1 fully saturated rings. The fraction of sp³-hybridized carbons (Fsp3) is 0.929. The molecule has 0 unspecified atom stereocenters. The Morgan fingerprint density at radius 3 is 2.33 bits per heavy atom. The minimum atomic E-state index is -0.707. The van der Waals surface area contributed by atoms with Crippen LogP contribution in [0.4, 0.5) is 0 Å². The molecule has 18 heavy (non-hydrogen) atoms. The predicted octanol–water partition coefficient (Wildman–Crippen LogP) is 3.63. The Kier molecular flexibility index (Phi) is 8.51. The first-order chi connectivity index (χ1) is 8.74. The number of rotatable bonds is 10. The summed E-state index contributed by atoms with van der Waals surface area (Å²) in [5.74, 6) is 0.0118. The second kappa shape index (κ2) is 9.68. The largest absolute Gasteiger partial charge is 0.480 e. The Balaban J connectivity index is 1.88. The average Bonchev–Trinajstić information content (AvgIpc) is 2.81. The number of hydrogen-bond acceptors (Lipinski definition) is 3. The first-order valence-corrected chi connectivity index (χ1v) is 8.39. The second-order valence-electron chi connectivity index (χ2n) is 5.14. The highest BCUT2D eigenvalue weighted by Crippen LogP contribution is 2.23. The third-order valence-corrected chi connectivity index (χ3v) is 4.77. The van der Waals surface area contributed by atoms with Crippen LogP contribution in [-0.4, -0.2) is 28.2 Å². The van der Waals surface area contributed by atoms with Gasteiger partial charge in [0.05, 0.1) is 5.37 Å². The zero-order valence-corrected chi connectivity index (χ0v) is 12.3. The van der Waals surface area contributed by atoms with E-state index in [4.69, 9.17) is 5.11 Å². The molecule has 0 aromatic heterocycles. The van der Waals surface area contributed by atoms with E-state index >= 15 is 0 Å². The van der Waals surface area contributed by atoms with Crippen molar-refractivity contribution in [3.63, 3.8) is 0 Å². The highest BCUT2D eigenvalue weighted by Gasteiger charge is 2.28. The summed E-state index contributed by atoms with van der Waals surface area (Å²) < 4.78 is 0. The smallest absolute Gasteiger partial charge is 0.321 e. The molecule has 0 spiro atoms. The fourth-order valence-corrected chi connectivity index (χ4v) is 3.56. The van der Waals surface area contributed by atoms with Gasteiger partial charge in [0.25, 0.3) is 0 Å². The molecule has 1 aliphatic heterocycles. The Labute approximate surface area is 115 Å². The summed E-state index contributed by atoms with van der Waals surface area (Å²) in [7, 11) is 0. The standard InChI is InChI=1S/C14H27NO2S/c1-2-3-4-5-6-7-8-9-10-13-15-12(11-18-13)14(16)17/h12-13,15H,2-11H2,1H3,(H,16,17)/t12-,13-/m0/s1. The van der Waals surface area contributed by atoms with Crippen LogP contribution in [0.2, 0.25) is 0 Å². The van der Waals surface area contributed by atoms with Gasteiger partial charge in [-0.05, 0) is 6.42 Å². The number of hydrogen-bond donors (Lipinski definition) is 2. The van der Waals surface area contributed by atoms with Crippen LogP contribution in [0.3, 0.4) is 0 Å². The van der Waals surface area contributed by atoms with Crippen molar-refractivity contribution in [1.82, 2.24) is 5.32 Å². The van der Waals surface area contributed by atoms with E-state index in [0.29, 0.717) is 5.37 Å². The van der Waals surface area contributed by atoms with Crippen LogP contribution in [0.1, 0.15) is 64.7 Å². The molecule has 3 nitrogen and oxygen atoms in total. The number of carboxylic acids is 1. The van der Waals surface area contributed by atoms with Crippen LogP contribution in [0, 0.1) is 0 Å². The molecule has 0 aromatic rings. The molecule has 1 heterocycles. The zero-order valence-electron chi connectivity index (χ0n) is 11.5. The highest BCUT2D eigenvalue weighted by molar-refractivity contribution is 8.00. The Hall–Kier alpha value is -0.220. The molecule has 4 heteroatoms. The molecular weight excluding hydrogens is 246 g/mol. The Morgan fingerprint density at radius 2 is 1.78 bits per heavy atom. The van der Waals surface area contributed by atoms with E-state index < -0.39 is 5.97 Å². The molecule has 0 aliphatic carbocycles. The van der Waals surface area contributed by atoms with E-state index in [1.807, 2.05) is 0 Å². The minimum Gasteiger partial charge on any atom is -0.480 e. The first kappa shape index (κ1) is 15.8. The second-order valence-corrected chi connectivity index (χ2v) is 6.38. The average molecular weight is 273 g/mol.